The lowest BCUT2D eigenvalue weighted by Crippen LogP contribution is -2.33. The molecule has 3 aromatic rings. The highest BCUT2D eigenvalue weighted by molar-refractivity contribution is 5.80. The second-order valence-electron chi connectivity index (χ2n) is 7.01. The van der Waals surface area contributed by atoms with Gasteiger partial charge in [0.1, 0.15) is 11.3 Å². The van der Waals surface area contributed by atoms with Crippen molar-refractivity contribution in [2.75, 3.05) is 26.9 Å². The number of carbonyl (C=O) groups excluding carboxylic acids is 1. The second-order valence-corrected chi connectivity index (χ2v) is 7.01. The number of benzene rings is 1. The average molecular weight is 383 g/mol. The summed E-state index contributed by atoms with van der Waals surface area (Å²) in [5.41, 5.74) is 1.81. The van der Waals surface area contributed by atoms with Gasteiger partial charge in [0.15, 0.2) is 0 Å². The first-order valence-electron chi connectivity index (χ1n) is 9.62. The fourth-order valence-corrected chi connectivity index (χ4v) is 3.62. The van der Waals surface area contributed by atoms with E-state index in [4.69, 9.17) is 13.9 Å². The molecule has 1 aliphatic heterocycles. The molecule has 7 nitrogen and oxygen atoms in total. The molecular weight excluding hydrogens is 358 g/mol. The van der Waals surface area contributed by atoms with Crippen LogP contribution in [-0.4, -0.2) is 42.6 Å². The Bertz CT molecular complexity index is 900. The van der Waals surface area contributed by atoms with Crippen molar-refractivity contribution in [3.05, 3.63) is 54.0 Å². The van der Waals surface area contributed by atoms with Crippen LogP contribution >= 0.6 is 0 Å². The van der Waals surface area contributed by atoms with Crippen LogP contribution in [0.15, 0.2) is 47.1 Å². The molecule has 1 fully saturated rings. The van der Waals surface area contributed by atoms with Gasteiger partial charge >= 0.3 is 0 Å². The fraction of sp³-hybridized carbons (Fsp3) is 0.429. The lowest BCUT2D eigenvalue weighted by atomic mass is 9.96. The highest BCUT2D eigenvalue weighted by atomic mass is 16.5. The van der Waals surface area contributed by atoms with Crippen LogP contribution < -0.4 is 5.32 Å². The lowest BCUT2D eigenvalue weighted by molar-refractivity contribution is -0.126. The molecule has 3 heterocycles. The van der Waals surface area contributed by atoms with Crippen LogP contribution in [0.2, 0.25) is 0 Å². The minimum atomic E-state index is -0.248. The lowest BCUT2D eigenvalue weighted by Gasteiger charge is -2.16. The summed E-state index contributed by atoms with van der Waals surface area (Å²) in [6.07, 6.45) is 4.84. The zero-order chi connectivity index (χ0) is 19.3. The van der Waals surface area contributed by atoms with Gasteiger partial charge in [-0.2, -0.15) is 5.10 Å². The SMILES string of the molecule is COCCn1cc([C@H]2OCC[C@@H]2C(=O)NCCc2cc3ccccc3o2)cn1. The molecule has 0 saturated carbocycles. The third-order valence-corrected chi connectivity index (χ3v) is 5.08. The van der Waals surface area contributed by atoms with Crippen molar-refractivity contribution < 1.29 is 18.7 Å². The van der Waals surface area contributed by atoms with E-state index in [1.807, 2.05) is 41.2 Å². The van der Waals surface area contributed by atoms with E-state index in [1.54, 1.807) is 13.3 Å². The number of ether oxygens (including phenoxy) is 2. The molecule has 0 aliphatic carbocycles. The number of nitrogens with one attached hydrogen (secondary N) is 1. The van der Waals surface area contributed by atoms with E-state index in [1.165, 1.54) is 0 Å². The molecule has 28 heavy (non-hydrogen) atoms. The number of rotatable bonds is 8. The van der Waals surface area contributed by atoms with Crippen molar-refractivity contribution in [3.8, 4) is 0 Å². The van der Waals surface area contributed by atoms with Crippen molar-refractivity contribution in [2.24, 2.45) is 5.92 Å². The highest BCUT2D eigenvalue weighted by Crippen LogP contribution is 2.34. The Kier molecular flexibility index (Phi) is 5.73. The Balaban J connectivity index is 1.32. The number of methoxy groups -OCH3 is 1. The van der Waals surface area contributed by atoms with E-state index in [-0.39, 0.29) is 17.9 Å². The Hall–Kier alpha value is -2.64. The predicted molar refractivity (Wildman–Crippen MR) is 104 cm³/mol. The maximum absolute atomic E-state index is 12.7. The van der Waals surface area contributed by atoms with Crippen molar-refractivity contribution in [1.29, 1.82) is 0 Å². The quantitative estimate of drug-likeness (QED) is 0.647. The normalized spacial score (nSPS) is 19.3. The molecule has 1 aliphatic rings. The summed E-state index contributed by atoms with van der Waals surface area (Å²) in [6, 6.07) is 9.94. The summed E-state index contributed by atoms with van der Waals surface area (Å²) in [6.45, 7) is 2.39. The summed E-state index contributed by atoms with van der Waals surface area (Å²) in [5, 5.41) is 8.44. The monoisotopic (exact) mass is 383 g/mol. The number of amides is 1. The molecule has 4 rings (SSSR count). The van der Waals surface area contributed by atoms with E-state index < -0.39 is 0 Å². The fourth-order valence-electron chi connectivity index (χ4n) is 3.62. The van der Waals surface area contributed by atoms with Crippen molar-refractivity contribution in [3.63, 3.8) is 0 Å². The summed E-state index contributed by atoms with van der Waals surface area (Å²) in [4.78, 5) is 12.7. The molecule has 1 N–H and O–H groups in total. The zero-order valence-corrected chi connectivity index (χ0v) is 16.0. The van der Waals surface area contributed by atoms with Crippen LogP contribution in [0.1, 0.15) is 23.8 Å². The number of aromatic nitrogens is 2. The van der Waals surface area contributed by atoms with Gasteiger partial charge in [-0.1, -0.05) is 18.2 Å². The third-order valence-electron chi connectivity index (χ3n) is 5.08. The van der Waals surface area contributed by atoms with Crippen LogP contribution in [0, 0.1) is 5.92 Å². The van der Waals surface area contributed by atoms with Crippen LogP contribution in [0.5, 0.6) is 0 Å². The Morgan fingerprint density at radius 2 is 2.29 bits per heavy atom. The van der Waals surface area contributed by atoms with Crippen molar-refractivity contribution in [2.45, 2.75) is 25.5 Å². The summed E-state index contributed by atoms with van der Waals surface area (Å²) >= 11 is 0. The molecular formula is C21H25N3O4. The minimum absolute atomic E-state index is 0.0169. The van der Waals surface area contributed by atoms with Gasteiger partial charge in [-0.15, -0.1) is 0 Å². The van der Waals surface area contributed by atoms with E-state index in [9.17, 15) is 4.79 Å². The van der Waals surface area contributed by atoms with Gasteiger partial charge < -0.3 is 19.2 Å². The standard InChI is InChI=1S/C21H25N3O4/c1-26-11-9-24-14-16(13-23-24)20-18(7-10-27-20)21(25)22-8-6-17-12-15-4-2-3-5-19(15)28-17/h2-5,12-14,18,20H,6-11H2,1H3,(H,22,25)/t18-,20+/m0/s1. The highest BCUT2D eigenvalue weighted by Gasteiger charge is 2.35. The molecule has 2 atom stereocenters. The molecule has 0 bridgehead atoms. The van der Waals surface area contributed by atoms with Gasteiger partial charge in [-0.05, 0) is 18.6 Å². The van der Waals surface area contributed by atoms with Crippen LogP contribution in [0.3, 0.4) is 0 Å². The minimum Gasteiger partial charge on any atom is -0.461 e. The zero-order valence-electron chi connectivity index (χ0n) is 16.0. The average Bonchev–Trinajstić information content (AvgIpc) is 3.43. The number of nitrogens with zero attached hydrogens (tertiary/aromatic N) is 2. The number of fused-ring (bicyclic) bond motifs is 1. The summed E-state index contributed by atoms with van der Waals surface area (Å²) < 4.78 is 18.5. The molecule has 0 spiro atoms. The molecule has 7 heteroatoms. The summed E-state index contributed by atoms with van der Waals surface area (Å²) in [5.74, 6) is 0.694. The smallest absolute Gasteiger partial charge is 0.226 e. The number of hydrogen-bond donors (Lipinski definition) is 1. The van der Waals surface area contributed by atoms with Crippen molar-refractivity contribution >= 4 is 16.9 Å². The molecule has 1 saturated heterocycles. The van der Waals surface area contributed by atoms with E-state index in [0.29, 0.717) is 39.1 Å². The number of para-hydroxylation sites is 1. The molecule has 148 valence electrons. The van der Waals surface area contributed by atoms with Gasteiger partial charge in [0.25, 0.3) is 0 Å². The molecule has 1 aromatic carbocycles. The van der Waals surface area contributed by atoms with Crippen LogP contribution in [0.4, 0.5) is 0 Å². The molecule has 0 radical (unpaired) electrons. The first-order valence-corrected chi connectivity index (χ1v) is 9.62. The molecule has 2 aromatic heterocycles. The van der Waals surface area contributed by atoms with Gasteiger partial charge in [0, 0.05) is 43.8 Å². The van der Waals surface area contributed by atoms with Gasteiger partial charge in [-0.3, -0.25) is 9.48 Å². The second kappa shape index (κ2) is 8.58. The van der Waals surface area contributed by atoms with Crippen LogP contribution in [0.25, 0.3) is 11.0 Å². The van der Waals surface area contributed by atoms with Crippen LogP contribution in [-0.2, 0) is 27.2 Å². The number of hydrogen-bond acceptors (Lipinski definition) is 5. The maximum Gasteiger partial charge on any atom is 0.226 e. The number of carbonyl (C=O) groups is 1. The first kappa shape index (κ1) is 18.7. The van der Waals surface area contributed by atoms with Crippen molar-refractivity contribution in [1.82, 2.24) is 15.1 Å². The first-order chi connectivity index (χ1) is 13.7. The maximum atomic E-state index is 12.7. The van der Waals surface area contributed by atoms with E-state index in [2.05, 4.69) is 10.4 Å². The largest absolute Gasteiger partial charge is 0.461 e. The Morgan fingerprint density at radius 3 is 3.14 bits per heavy atom. The Labute approximate surface area is 163 Å². The van der Waals surface area contributed by atoms with Gasteiger partial charge in [0.2, 0.25) is 5.91 Å². The molecule has 0 unspecified atom stereocenters. The topological polar surface area (TPSA) is 78.5 Å². The summed E-state index contributed by atoms with van der Waals surface area (Å²) in [7, 11) is 1.66. The number of furan rings is 1. The third kappa shape index (κ3) is 4.10. The molecule has 1 amide bonds. The van der Waals surface area contributed by atoms with Gasteiger partial charge in [-0.25, -0.2) is 0 Å². The van der Waals surface area contributed by atoms with Gasteiger partial charge in [0.05, 0.1) is 31.4 Å². The Morgan fingerprint density at radius 1 is 1.39 bits per heavy atom. The van der Waals surface area contributed by atoms with E-state index >= 15 is 0 Å². The predicted octanol–water partition coefficient (Wildman–Crippen LogP) is 2.71. The van der Waals surface area contributed by atoms with E-state index in [0.717, 1.165) is 22.3 Å².